The van der Waals surface area contributed by atoms with Gasteiger partial charge >= 0.3 is 6.36 Å². The third-order valence-corrected chi connectivity index (χ3v) is 3.10. The summed E-state index contributed by atoms with van der Waals surface area (Å²) in [6, 6.07) is 5.18. The van der Waals surface area contributed by atoms with Gasteiger partial charge in [-0.15, -0.1) is 13.2 Å². The lowest BCUT2D eigenvalue weighted by atomic mass is 10.2. The highest BCUT2D eigenvalue weighted by atomic mass is 19.4. The average molecular weight is 284 g/mol. The lowest BCUT2D eigenvalue weighted by Gasteiger charge is -2.09. The monoisotopic (exact) mass is 284 g/mol. The molecule has 1 N–H and O–H groups in total. The average Bonchev–Trinajstić information content (AvgIpc) is 3.13. The molecule has 1 heterocycles. The van der Waals surface area contributed by atoms with Crippen LogP contribution in [0.2, 0.25) is 0 Å². The van der Waals surface area contributed by atoms with Crippen molar-refractivity contribution in [1.82, 2.24) is 9.78 Å². The van der Waals surface area contributed by atoms with Crippen LogP contribution in [0, 0.1) is 0 Å². The molecule has 0 radical (unpaired) electrons. The Hall–Kier alpha value is -2.18. The minimum Gasteiger partial charge on any atom is -0.493 e. The van der Waals surface area contributed by atoms with Gasteiger partial charge in [0, 0.05) is 5.56 Å². The van der Waals surface area contributed by atoms with Gasteiger partial charge in [-0.25, -0.2) is 4.68 Å². The molecule has 0 saturated heterocycles. The third kappa shape index (κ3) is 2.56. The smallest absolute Gasteiger partial charge is 0.493 e. The molecule has 0 spiro atoms. The Balaban J connectivity index is 1.84. The molecule has 7 heteroatoms. The maximum absolute atomic E-state index is 12.0. The molecule has 1 aliphatic carbocycles. The zero-order chi connectivity index (χ0) is 14.3. The van der Waals surface area contributed by atoms with Crippen LogP contribution in [0.1, 0.15) is 24.3 Å². The van der Waals surface area contributed by atoms with E-state index in [9.17, 15) is 18.3 Å². The molecule has 0 unspecified atom stereocenters. The van der Waals surface area contributed by atoms with Crippen molar-refractivity contribution in [2.45, 2.75) is 25.1 Å². The number of benzene rings is 1. The molecule has 1 fully saturated rings. The van der Waals surface area contributed by atoms with Crippen LogP contribution in [-0.4, -0.2) is 21.2 Å². The van der Waals surface area contributed by atoms with Crippen LogP contribution < -0.4 is 4.74 Å². The van der Waals surface area contributed by atoms with Gasteiger partial charge in [0.2, 0.25) is 5.88 Å². The summed E-state index contributed by atoms with van der Waals surface area (Å²) < 4.78 is 41.2. The Morgan fingerprint density at radius 2 is 1.85 bits per heavy atom. The number of hydrogen-bond acceptors (Lipinski definition) is 3. The first kappa shape index (κ1) is 12.8. The van der Waals surface area contributed by atoms with E-state index in [0.717, 1.165) is 18.4 Å². The van der Waals surface area contributed by atoms with Crippen molar-refractivity contribution in [1.29, 1.82) is 0 Å². The van der Waals surface area contributed by atoms with Crippen molar-refractivity contribution < 1.29 is 23.0 Å². The van der Waals surface area contributed by atoms with Crippen LogP contribution >= 0.6 is 0 Å². The van der Waals surface area contributed by atoms with Crippen molar-refractivity contribution in [3.63, 3.8) is 0 Å². The van der Waals surface area contributed by atoms with Gasteiger partial charge in [-0.3, -0.25) is 0 Å². The normalized spacial score (nSPS) is 15.3. The topological polar surface area (TPSA) is 47.3 Å². The van der Waals surface area contributed by atoms with Gasteiger partial charge in [-0.05, 0) is 43.0 Å². The second kappa shape index (κ2) is 4.43. The molecular weight excluding hydrogens is 273 g/mol. The number of alkyl halides is 3. The third-order valence-electron chi connectivity index (χ3n) is 3.10. The van der Waals surface area contributed by atoms with E-state index in [2.05, 4.69) is 9.84 Å². The van der Waals surface area contributed by atoms with Crippen LogP contribution in [0.25, 0.3) is 5.69 Å². The molecule has 4 nitrogen and oxygen atoms in total. The molecule has 0 bridgehead atoms. The Labute approximate surface area is 112 Å². The van der Waals surface area contributed by atoms with Crippen LogP contribution in [-0.2, 0) is 0 Å². The lowest BCUT2D eigenvalue weighted by Crippen LogP contribution is -2.17. The molecule has 2 aromatic rings. The highest BCUT2D eigenvalue weighted by molar-refractivity contribution is 5.42. The fourth-order valence-electron chi connectivity index (χ4n) is 2.01. The van der Waals surface area contributed by atoms with Gasteiger partial charge in [-0.2, -0.15) is 5.10 Å². The van der Waals surface area contributed by atoms with Crippen molar-refractivity contribution in [2.75, 3.05) is 0 Å². The molecule has 1 aliphatic rings. The van der Waals surface area contributed by atoms with E-state index in [1.165, 1.54) is 28.9 Å². The predicted molar refractivity (Wildman–Crippen MR) is 63.9 cm³/mol. The molecule has 1 saturated carbocycles. The molecule has 0 aliphatic heterocycles. The first-order valence-electron chi connectivity index (χ1n) is 6.07. The Bertz CT molecular complexity index is 616. The fraction of sp³-hybridized carbons (Fsp3) is 0.308. The summed E-state index contributed by atoms with van der Waals surface area (Å²) in [5.74, 6) is 0.0730. The number of halogens is 3. The summed E-state index contributed by atoms with van der Waals surface area (Å²) in [6.45, 7) is 0. The van der Waals surface area contributed by atoms with Crippen LogP contribution in [0.3, 0.4) is 0 Å². The van der Waals surface area contributed by atoms with E-state index in [4.69, 9.17) is 0 Å². The van der Waals surface area contributed by atoms with Crippen molar-refractivity contribution in [2.24, 2.45) is 0 Å². The maximum atomic E-state index is 12.0. The molecule has 0 amide bonds. The number of hydrogen-bond donors (Lipinski definition) is 1. The first-order chi connectivity index (χ1) is 9.44. The SMILES string of the molecule is Oc1c(C2CC2)cnn1-c1ccc(OC(F)(F)F)cc1. The predicted octanol–water partition coefficient (Wildman–Crippen LogP) is 3.35. The van der Waals surface area contributed by atoms with E-state index in [0.29, 0.717) is 11.6 Å². The summed E-state index contributed by atoms with van der Waals surface area (Å²) >= 11 is 0. The molecule has 106 valence electrons. The lowest BCUT2D eigenvalue weighted by molar-refractivity contribution is -0.274. The van der Waals surface area contributed by atoms with Gasteiger partial charge < -0.3 is 9.84 Å². The van der Waals surface area contributed by atoms with Crippen molar-refractivity contribution >= 4 is 0 Å². The minimum atomic E-state index is -4.71. The van der Waals surface area contributed by atoms with E-state index in [-0.39, 0.29) is 11.6 Å². The molecule has 20 heavy (non-hydrogen) atoms. The van der Waals surface area contributed by atoms with Gasteiger partial charge in [0.05, 0.1) is 11.9 Å². The second-order valence-electron chi connectivity index (χ2n) is 4.65. The van der Waals surface area contributed by atoms with Crippen molar-refractivity contribution in [3.05, 3.63) is 36.0 Å². The molecule has 0 atom stereocenters. The number of aromatic nitrogens is 2. The van der Waals surface area contributed by atoms with Gasteiger partial charge in [-0.1, -0.05) is 0 Å². The van der Waals surface area contributed by atoms with E-state index >= 15 is 0 Å². The molecule has 3 rings (SSSR count). The summed E-state index contributed by atoms with van der Waals surface area (Å²) in [4.78, 5) is 0. The number of rotatable bonds is 3. The Morgan fingerprint density at radius 1 is 1.20 bits per heavy atom. The zero-order valence-electron chi connectivity index (χ0n) is 10.3. The summed E-state index contributed by atoms with van der Waals surface area (Å²) in [6.07, 6.45) is -1.07. The number of nitrogens with zero attached hydrogens (tertiary/aromatic N) is 2. The zero-order valence-corrected chi connectivity index (χ0v) is 10.3. The minimum absolute atomic E-state index is 0.0389. The number of aromatic hydroxyl groups is 1. The van der Waals surface area contributed by atoms with Gasteiger partial charge in [0.25, 0.3) is 0 Å². The Kier molecular flexibility index (Phi) is 2.84. The van der Waals surface area contributed by atoms with E-state index < -0.39 is 6.36 Å². The van der Waals surface area contributed by atoms with Crippen LogP contribution in [0.4, 0.5) is 13.2 Å². The van der Waals surface area contributed by atoms with Gasteiger partial charge in [0.1, 0.15) is 5.75 Å². The highest BCUT2D eigenvalue weighted by Crippen LogP contribution is 2.44. The maximum Gasteiger partial charge on any atom is 0.573 e. The fourth-order valence-corrected chi connectivity index (χ4v) is 2.01. The largest absolute Gasteiger partial charge is 0.573 e. The summed E-state index contributed by atoms with van der Waals surface area (Å²) in [7, 11) is 0. The highest BCUT2D eigenvalue weighted by Gasteiger charge is 2.31. The number of ether oxygens (including phenoxy) is 1. The standard InChI is InChI=1S/C13H11F3N2O2/c14-13(15,16)20-10-5-3-9(4-6-10)18-12(19)11(7-17-18)8-1-2-8/h3-8,19H,1-2H2. The summed E-state index contributed by atoms with van der Waals surface area (Å²) in [5.41, 5.74) is 1.25. The first-order valence-corrected chi connectivity index (χ1v) is 6.07. The van der Waals surface area contributed by atoms with Crippen LogP contribution in [0.5, 0.6) is 11.6 Å². The van der Waals surface area contributed by atoms with Gasteiger partial charge in [0.15, 0.2) is 0 Å². The van der Waals surface area contributed by atoms with Crippen LogP contribution in [0.15, 0.2) is 30.5 Å². The van der Waals surface area contributed by atoms with Crippen molar-refractivity contribution in [3.8, 4) is 17.3 Å². The molecular formula is C13H11F3N2O2. The second-order valence-corrected chi connectivity index (χ2v) is 4.65. The summed E-state index contributed by atoms with van der Waals surface area (Å²) in [5, 5.41) is 14.1. The molecule has 1 aromatic heterocycles. The van der Waals surface area contributed by atoms with E-state index in [1.54, 1.807) is 6.20 Å². The molecule has 1 aromatic carbocycles. The Morgan fingerprint density at radius 3 is 2.40 bits per heavy atom. The van der Waals surface area contributed by atoms with E-state index in [1.807, 2.05) is 0 Å². The quantitative estimate of drug-likeness (QED) is 0.940.